The van der Waals surface area contributed by atoms with Gasteiger partial charge in [0.2, 0.25) is 5.91 Å². The molecule has 0 aliphatic carbocycles. The Kier molecular flexibility index (Phi) is 4.28. The fraction of sp³-hybridized carbons (Fsp3) is 0.167. The molecule has 0 heterocycles. The third kappa shape index (κ3) is 3.98. The minimum absolute atomic E-state index is 0.137. The molecular formula is C12H13NO4. The van der Waals surface area contributed by atoms with Gasteiger partial charge in [0.1, 0.15) is 5.75 Å². The molecule has 0 unspecified atom stereocenters. The highest BCUT2D eigenvalue weighted by molar-refractivity contribution is 5.90. The molecule has 5 nitrogen and oxygen atoms in total. The van der Waals surface area contributed by atoms with E-state index in [4.69, 9.17) is 15.6 Å². The van der Waals surface area contributed by atoms with Crippen LogP contribution < -0.4 is 10.5 Å². The summed E-state index contributed by atoms with van der Waals surface area (Å²) in [4.78, 5) is 21.2. The van der Waals surface area contributed by atoms with E-state index in [-0.39, 0.29) is 6.42 Å². The number of carbonyl (C=O) groups excluding carboxylic acids is 1. The van der Waals surface area contributed by atoms with Crippen LogP contribution in [0, 0.1) is 0 Å². The van der Waals surface area contributed by atoms with Gasteiger partial charge in [-0.15, -0.1) is 0 Å². The number of carboxylic acids is 1. The Bertz CT molecular complexity index is 466. The molecular weight excluding hydrogens is 222 g/mol. The average molecular weight is 235 g/mol. The minimum Gasteiger partial charge on any atom is -0.496 e. The third-order valence-electron chi connectivity index (χ3n) is 2.09. The van der Waals surface area contributed by atoms with Crippen LogP contribution in [-0.2, 0) is 16.0 Å². The molecule has 1 rings (SSSR count). The smallest absolute Gasteiger partial charge is 0.307 e. The van der Waals surface area contributed by atoms with Crippen molar-refractivity contribution in [3.05, 3.63) is 35.4 Å². The maximum absolute atomic E-state index is 10.7. The van der Waals surface area contributed by atoms with E-state index in [1.54, 1.807) is 18.2 Å². The standard InChI is InChI=1S/C12H13NO4/c1-17-10-4-2-8(3-5-11(13)14)6-9(10)7-12(15)16/h2-6H,7H2,1H3,(H2,13,14)(H,15,16). The van der Waals surface area contributed by atoms with E-state index >= 15 is 0 Å². The molecule has 0 spiro atoms. The summed E-state index contributed by atoms with van der Waals surface area (Å²) in [5, 5.41) is 8.75. The molecule has 90 valence electrons. The first-order chi connectivity index (χ1) is 8.02. The first-order valence-electron chi connectivity index (χ1n) is 4.89. The number of carboxylic acid groups (broad SMARTS) is 1. The van der Waals surface area contributed by atoms with Gasteiger partial charge in [0.15, 0.2) is 0 Å². The first kappa shape index (κ1) is 12.8. The summed E-state index contributed by atoms with van der Waals surface area (Å²) in [7, 11) is 1.47. The number of benzene rings is 1. The van der Waals surface area contributed by atoms with Crippen molar-refractivity contribution in [2.24, 2.45) is 5.73 Å². The van der Waals surface area contributed by atoms with E-state index in [1.807, 2.05) is 0 Å². The Hall–Kier alpha value is -2.30. The lowest BCUT2D eigenvalue weighted by molar-refractivity contribution is -0.136. The third-order valence-corrected chi connectivity index (χ3v) is 2.09. The molecule has 0 saturated heterocycles. The highest BCUT2D eigenvalue weighted by Gasteiger charge is 2.07. The van der Waals surface area contributed by atoms with Crippen LogP contribution in [0.25, 0.3) is 6.08 Å². The van der Waals surface area contributed by atoms with E-state index in [0.717, 1.165) is 0 Å². The second-order valence-corrected chi connectivity index (χ2v) is 3.38. The molecule has 1 amide bonds. The van der Waals surface area contributed by atoms with Gasteiger partial charge in [0.25, 0.3) is 0 Å². The van der Waals surface area contributed by atoms with Crippen molar-refractivity contribution in [2.45, 2.75) is 6.42 Å². The molecule has 3 N–H and O–H groups in total. The molecule has 0 atom stereocenters. The zero-order chi connectivity index (χ0) is 12.8. The topological polar surface area (TPSA) is 89.6 Å². The van der Waals surface area contributed by atoms with Crippen molar-refractivity contribution in [2.75, 3.05) is 7.11 Å². The van der Waals surface area contributed by atoms with Gasteiger partial charge in [-0.3, -0.25) is 9.59 Å². The summed E-state index contributed by atoms with van der Waals surface area (Å²) in [5.41, 5.74) is 6.21. The zero-order valence-corrected chi connectivity index (χ0v) is 9.34. The van der Waals surface area contributed by atoms with Crippen LogP contribution >= 0.6 is 0 Å². The fourth-order valence-electron chi connectivity index (χ4n) is 1.38. The number of amides is 1. The first-order valence-corrected chi connectivity index (χ1v) is 4.89. The number of hydrogen-bond acceptors (Lipinski definition) is 3. The van der Waals surface area contributed by atoms with Gasteiger partial charge in [0, 0.05) is 11.6 Å². The van der Waals surface area contributed by atoms with Crippen molar-refractivity contribution in [1.29, 1.82) is 0 Å². The fourth-order valence-corrected chi connectivity index (χ4v) is 1.38. The van der Waals surface area contributed by atoms with E-state index in [0.29, 0.717) is 16.9 Å². The molecule has 1 aromatic rings. The summed E-state index contributed by atoms with van der Waals surface area (Å²) in [6.45, 7) is 0. The van der Waals surface area contributed by atoms with Crippen LogP contribution in [0.15, 0.2) is 24.3 Å². The molecule has 0 saturated carbocycles. The Morgan fingerprint density at radius 3 is 2.71 bits per heavy atom. The van der Waals surface area contributed by atoms with Crippen LogP contribution in [0.1, 0.15) is 11.1 Å². The van der Waals surface area contributed by atoms with E-state index in [9.17, 15) is 9.59 Å². The summed E-state index contributed by atoms with van der Waals surface area (Å²) < 4.78 is 5.05. The Labute approximate surface area is 98.5 Å². The SMILES string of the molecule is COc1ccc(C=CC(N)=O)cc1CC(=O)O. The van der Waals surface area contributed by atoms with Crippen LogP contribution in [-0.4, -0.2) is 24.1 Å². The predicted molar refractivity (Wildman–Crippen MR) is 62.6 cm³/mol. The molecule has 1 aromatic carbocycles. The monoisotopic (exact) mass is 235 g/mol. The second kappa shape index (κ2) is 5.69. The number of aliphatic carboxylic acids is 1. The lowest BCUT2D eigenvalue weighted by Gasteiger charge is -2.07. The molecule has 0 radical (unpaired) electrons. The van der Waals surface area contributed by atoms with Gasteiger partial charge in [-0.2, -0.15) is 0 Å². The van der Waals surface area contributed by atoms with Gasteiger partial charge in [-0.1, -0.05) is 6.07 Å². The molecule has 0 aliphatic rings. The van der Waals surface area contributed by atoms with Gasteiger partial charge in [-0.05, 0) is 23.8 Å². The van der Waals surface area contributed by atoms with Crippen molar-refractivity contribution >= 4 is 18.0 Å². The highest BCUT2D eigenvalue weighted by atomic mass is 16.5. The van der Waals surface area contributed by atoms with Crippen LogP contribution in [0.3, 0.4) is 0 Å². The Morgan fingerprint density at radius 2 is 2.18 bits per heavy atom. The Morgan fingerprint density at radius 1 is 1.47 bits per heavy atom. The second-order valence-electron chi connectivity index (χ2n) is 3.38. The van der Waals surface area contributed by atoms with Crippen molar-refractivity contribution < 1.29 is 19.4 Å². The Balaban J connectivity index is 3.03. The number of primary amides is 1. The maximum atomic E-state index is 10.7. The molecule has 0 bridgehead atoms. The number of rotatable bonds is 5. The van der Waals surface area contributed by atoms with Crippen molar-refractivity contribution in [1.82, 2.24) is 0 Å². The van der Waals surface area contributed by atoms with E-state index < -0.39 is 11.9 Å². The molecule has 0 fully saturated rings. The lowest BCUT2D eigenvalue weighted by atomic mass is 10.1. The van der Waals surface area contributed by atoms with E-state index in [1.165, 1.54) is 19.3 Å². The average Bonchev–Trinajstić information content (AvgIpc) is 2.25. The quantitative estimate of drug-likeness (QED) is 0.739. The largest absolute Gasteiger partial charge is 0.496 e. The van der Waals surface area contributed by atoms with Crippen LogP contribution in [0.4, 0.5) is 0 Å². The molecule has 5 heteroatoms. The number of nitrogens with two attached hydrogens (primary N) is 1. The zero-order valence-electron chi connectivity index (χ0n) is 9.34. The number of methoxy groups -OCH3 is 1. The van der Waals surface area contributed by atoms with Gasteiger partial charge >= 0.3 is 5.97 Å². The normalized spacial score (nSPS) is 10.4. The molecule has 0 aliphatic heterocycles. The van der Waals surface area contributed by atoms with Crippen molar-refractivity contribution in [3.8, 4) is 5.75 Å². The lowest BCUT2D eigenvalue weighted by Crippen LogP contribution is -2.05. The molecule has 0 aromatic heterocycles. The van der Waals surface area contributed by atoms with Crippen LogP contribution in [0.2, 0.25) is 0 Å². The predicted octanol–water partition coefficient (Wildman–Crippen LogP) is 0.821. The van der Waals surface area contributed by atoms with Crippen LogP contribution in [0.5, 0.6) is 5.75 Å². The summed E-state index contributed by atoms with van der Waals surface area (Å²) in [6, 6.07) is 5.01. The summed E-state index contributed by atoms with van der Waals surface area (Å²) in [5.74, 6) is -0.997. The van der Waals surface area contributed by atoms with E-state index in [2.05, 4.69) is 0 Å². The maximum Gasteiger partial charge on any atom is 0.307 e. The summed E-state index contributed by atoms with van der Waals surface area (Å²) >= 11 is 0. The molecule has 17 heavy (non-hydrogen) atoms. The van der Waals surface area contributed by atoms with Gasteiger partial charge in [0.05, 0.1) is 13.5 Å². The minimum atomic E-state index is -0.945. The van der Waals surface area contributed by atoms with Crippen molar-refractivity contribution in [3.63, 3.8) is 0 Å². The van der Waals surface area contributed by atoms with Gasteiger partial charge < -0.3 is 15.6 Å². The number of carbonyl (C=O) groups is 2. The number of ether oxygens (including phenoxy) is 1. The summed E-state index contributed by atoms with van der Waals surface area (Å²) in [6.07, 6.45) is 2.60. The van der Waals surface area contributed by atoms with Gasteiger partial charge in [-0.25, -0.2) is 0 Å². The highest BCUT2D eigenvalue weighted by Crippen LogP contribution is 2.21. The number of hydrogen-bond donors (Lipinski definition) is 2.